The molecule has 0 radical (unpaired) electrons. The molecule has 0 unspecified atom stereocenters. The molecule has 0 N–H and O–H groups in total. The fourth-order valence-corrected chi connectivity index (χ4v) is 3.16. The topological polar surface area (TPSA) is 21.7 Å². The standard InChI is InChI=1S/C13H23NO2Si/c1-3-15-14(16-4-2)11-8-12-17-13-9-6-5-7-10-13/h5-7,9-10H,3-4,8,11-12,17H2,1-2H3. The minimum Gasteiger partial charge on any atom is -0.274 e. The number of benzene rings is 1. The minimum atomic E-state index is -0.120. The maximum Gasteiger partial charge on any atom is 0.0683 e. The van der Waals surface area contributed by atoms with Crippen molar-refractivity contribution < 1.29 is 9.68 Å². The summed E-state index contributed by atoms with van der Waals surface area (Å²) < 4.78 is 0. The molecule has 1 aromatic rings. The zero-order valence-corrected chi connectivity index (χ0v) is 12.3. The summed E-state index contributed by atoms with van der Waals surface area (Å²) in [5.74, 6) is 0. The molecule has 0 spiro atoms. The fourth-order valence-electron chi connectivity index (χ4n) is 1.67. The molecule has 0 saturated carbocycles. The van der Waals surface area contributed by atoms with Crippen LogP contribution in [-0.2, 0) is 9.68 Å². The van der Waals surface area contributed by atoms with Crippen molar-refractivity contribution in [2.75, 3.05) is 19.8 Å². The van der Waals surface area contributed by atoms with E-state index in [-0.39, 0.29) is 9.52 Å². The Kier molecular flexibility index (Phi) is 7.91. The smallest absolute Gasteiger partial charge is 0.0683 e. The second-order valence-corrected chi connectivity index (χ2v) is 5.86. The van der Waals surface area contributed by atoms with Crippen LogP contribution in [0.1, 0.15) is 20.3 Å². The molecule has 1 rings (SSSR count). The van der Waals surface area contributed by atoms with Crippen molar-refractivity contribution in [3.05, 3.63) is 30.3 Å². The summed E-state index contributed by atoms with van der Waals surface area (Å²) in [6.07, 6.45) is 1.14. The van der Waals surface area contributed by atoms with E-state index in [9.17, 15) is 0 Å². The average molecular weight is 253 g/mol. The Morgan fingerprint density at radius 2 is 1.71 bits per heavy atom. The van der Waals surface area contributed by atoms with E-state index in [4.69, 9.17) is 9.68 Å². The Morgan fingerprint density at radius 3 is 2.29 bits per heavy atom. The maximum absolute atomic E-state index is 5.36. The lowest BCUT2D eigenvalue weighted by Gasteiger charge is -2.19. The van der Waals surface area contributed by atoms with E-state index in [0.717, 1.165) is 13.0 Å². The van der Waals surface area contributed by atoms with Crippen LogP contribution in [0, 0.1) is 0 Å². The molecule has 0 bridgehead atoms. The van der Waals surface area contributed by atoms with Crippen LogP contribution in [0.4, 0.5) is 0 Å². The molecule has 3 nitrogen and oxygen atoms in total. The normalized spacial score (nSPS) is 11.7. The fraction of sp³-hybridized carbons (Fsp3) is 0.538. The van der Waals surface area contributed by atoms with Gasteiger partial charge in [0, 0.05) is 0 Å². The second kappa shape index (κ2) is 9.36. The van der Waals surface area contributed by atoms with Gasteiger partial charge in [0.1, 0.15) is 0 Å². The summed E-state index contributed by atoms with van der Waals surface area (Å²) in [7, 11) is -0.120. The predicted octanol–water partition coefficient (Wildman–Crippen LogP) is 1.49. The van der Waals surface area contributed by atoms with Crippen LogP contribution < -0.4 is 5.19 Å². The Bertz CT molecular complexity index is 276. The molecule has 0 atom stereocenters. The van der Waals surface area contributed by atoms with Gasteiger partial charge in [-0.05, 0) is 20.3 Å². The summed E-state index contributed by atoms with van der Waals surface area (Å²) in [6.45, 7) is 6.14. The monoisotopic (exact) mass is 253 g/mol. The van der Waals surface area contributed by atoms with Crippen LogP contribution >= 0.6 is 0 Å². The van der Waals surface area contributed by atoms with Gasteiger partial charge in [0.15, 0.2) is 0 Å². The molecule has 0 heterocycles. The van der Waals surface area contributed by atoms with Crippen LogP contribution in [0.3, 0.4) is 0 Å². The highest BCUT2D eigenvalue weighted by atomic mass is 28.2. The third kappa shape index (κ3) is 6.58. The number of nitrogens with zero attached hydrogens (tertiary/aromatic N) is 1. The molecular weight excluding hydrogens is 230 g/mol. The summed E-state index contributed by atoms with van der Waals surface area (Å²) >= 11 is 0. The van der Waals surface area contributed by atoms with Gasteiger partial charge in [0.05, 0.1) is 29.3 Å². The van der Waals surface area contributed by atoms with Gasteiger partial charge in [-0.1, -0.05) is 46.8 Å². The Morgan fingerprint density at radius 1 is 1.06 bits per heavy atom. The number of hydrogen-bond acceptors (Lipinski definition) is 3. The van der Waals surface area contributed by atoms with Crippen LogP contribution in [0.5, 0.6) is 0 Å². The van der Waals surface area contributed by atoms with Crippen LogP contribution in [0.15, 0.2) is 30.3 Å². The Balaban J connectivity index is 2.13. The van der Waals surface area contributed by atoms with E-state index in [2.05, 4.69) is 30.3 Å². The highest BCUT2D eigenvalue weighted by Gasteiger charge is 2.03. The van der Waals surface area contributed by atoms with Gasteiger partial charge in [-0.25, -0.2) is 0 Å². The van der Waals surface area contributed by atoms with Crippen molar-refractivity contribution in [2.45, 2.75) is 26.3 Å². The first kappa shape index (κ1) is 14.4. The van der Waals surface area contributed by atoms with Crippen molar-refractivity contribution in [2.24, 2.45) is 0 Å². The molecule has 0 aliphatic carbocycles. The van der Waals surface area contributed by atoms with E-state index >= 15 is 0 Å². The maximum atomic E-state index is 5.36. The van der Waals surface area contributed by atoms with Crippen molar-refractivity contribution in [3.8, 4) is 0 Å². The lowest BCUT2D eigenvalue weighted by Crippen LogP contribution is -2.26. The van der Waals surface area contributed by atoms with Crippen molar-refractivity contribution in [1.82, 2.24) is 5.23 Å². The quantitative estimate of drug-likeness (QED) is 0.378. The van der Waals surface area contributed by atoms with Crippen LogP contribution in [0.2, 0.25) is 6.04 Å². The first-order valence-electron chi connectivity index (χ1n) is 6.44. The van der Waals surface area contributed by atoms with E-state index in [1.54, 1.807) is 5.23 Å². The lowest BCUT2D eigenvalue weighted by atomic mass is 10.4. The molecule has 0 fully saturated rings. The zero-order valence-electron chi connectivity index (χ0n) is 10.9. The van der Waals surface area contributed by atoms with Gasteiger partial charge in [-0.3, -0.25) is 9.68 Å². The molecule has 4 heteroatoms. The number of rotatable bonds is 9. The largest absolute Gasteiger partial charge is 0.274 e. The van der Waals surface area contributed by atoms with Crippen LogP contribution in [0.25, 0.3) is 0 Å². The first-order chi connectivity index (χ1) is 8.36. The van der Waals surface area contributed by atoms with E-state index < -0.39 is 0 Å². The summed E-state index contributed by atoms with van der Waals surface area (Å²) in [5.41, 5.74) is 0. The molecule has 0 aliphatic rings. The highest BCUT2D eigenvalue weighted by Crippen LogP contribution is 1.98. The molecule has 96 valence electrons. The second-order valence-electron chi connectivity index (χ2n) is 3.83. The molecule has 0 saturated heterocycles. The molecule has 17 heavy (non-hydrogen) atoms. The van der Waals surface area contributed by atoms with Gasteiger partial charge >= 0.3 is 0 Å². The number of hydroxylamine groups is 2. The van der Waals surface area contributed by atoms with Gasteiger partial charge in [0.25, 0.3) is 0 Å². The van der Waals surface area contributed by atoms with E-state index in [1.165, 1.54) is 11.2 Å². The molecule has 0 aromatic heterocycles. The lowest BCUT2D eigenvalue weighted by molar-refractivity contribution is -0.364. The molecule has 0 amide bonds. The van der Waals surface area contributed by atoms with Crippen molar-refractivity contribution >= 4 is 14.7 Å². The van der Waals surface area contributed by atoms with Gasteiger partial charge in [-0.2, -0.15) is 0 Å². The molecule has 1 aromatic carbocycles. The van der Waals surface area contributed by atoms with Crippen LogP contribution in [-0.4, -0.2) is 34.5 Å². The predicted molar refractivity (Wildman–Crippen MR) is 74.0 cm³/mol. The third-order valence-corrected chi connectivity index (χ3v) is 4.35. The van der Waals surface area contributed by atoms with E-state index in [0.29, 0.717) is 13.2 Å². The van der Waals surface area contributed by atoms with E-state index in [1.807, 2.05) is 13.8 Å². The average Bonchev–Trinajstić information content (AvgIpc) is 2.36. The summed E-state index contributed by atoms with van der Waals surface area (Å²) in [4.78, 5) is 10.7. The highest BCUT2D eigenvalue weighted by molar-refractivity contribution is 6.53. The molecule has 0 aliphatic heterocycles. The summed E-state index contributed by atoms with van der Waals surface area (Å²) in [5, 5.41) is 3.16. The Hall–Kier alpha value is -0.683. The summed E-state index contributed by atoms with van der Waals surface area (Å²) in [6, 6.07) is 12.1. The van der Waals surface area contributed by atoms with Gasteiger partial charge in [0.2, 0.25) is 0 Å². The van der Waals surface area contributed by atoms with Crippen molar-refractivity contribution in [3.63, 3.8) is 0 Å². The third-order valence-electron chi connectivity index (χ3n) is 2.45. The van der Waals surface area contributed by atoms with Gasteiger partial charge < -0.3 is 0 Å². The number of hydrogen-bond donors (Lipinski definition) is 0. The van der Waals surface area contributed by atoms with Gasteiger partial charge in [-0.15, -0.1) is 0 Å². The SMILES string of the molecule is CCON(CCC[SiH2]c1ccccc1)OCC. The first-order valence-corrected chi connectivity index (χ1v) is 8.14. The Labute approximate surface area is 106 Å². The zero-order chi connectivity index (χ0) is 12.3. The van der Waals surface area contributed by atoms with Crippen molar-refractivity contribution in [1.29, 1.82) is 0 Å². The molecular formula is C13H23NO2Si. The minimum absolute atomic E-state index is 0.120.